The molecular weight excluding hydrogens is 156 g/mol. The smallest absolute Gasteiger partial charge is 0.123 e. The van der Waals surface area contributed by atoms with Crippen molar-refractivity contribution in [2.24, 2.45) is 5.92 Å². The van der Waals surface area contributed by atoms with E-state index in [4.69, 9.17) is 10.2 Å². The molecule has 0 bridgehead atoms. The maximum atomic E-state index is 10.5. The quantitative estimate of drug-likeness (QED) is 0.421. The van der Waals surface area contributed by atoms with Crippen LogP contribution in [0, 0.1) is 5.92 Å². The van der Waals surface area contributed by atoms with E-state index >= 15 is 0 Å². The molecule has 0 fully saturated rings. The molecule has 0 heterocycles. The predicted octanol–water partition coefficient (Wildman–Crippen LogP) is 0.737. The van der Waals surface area contributed by atoms with Crippen molar-refractivity contribution >= 4 is 6.29 Å². The molecule has 2 N–H and O–H groups in total. The van der Waals surface area contributed by atoms with E-state index < -0.39 is 0 Å². The first-order valence-electron chi connectivity index (χ1n) is 4.52. The number of carbonyl (C=O) groups excluding carboxylic acids is 1. The van der Waals surface area contributed by atoms with E-state index in [0.29, 0.717) is 6.42 Å². The molecule has 3 nitrogen and oxygen atoms in total. The van der Waals surface area contributed by atoms with Crippen LogP contribution in [0.3, 0.4) is 0 Å². The average molecular weight is 174 g/mol. The Morgan fingerprint density at radius 3 is 2.08 bits per heavy atom. The molecule has 0 saturated heterocycles. The lowest BCUT2D eigenvalue weighted by Gasteiger charge is -2.07. The Balaban J connectivity index is 3.32. The molecule has 0 amide bonds. The van der Waals surface area contributed by atoms with Gasteiger partial charge in [0, 0.05) is 19.1 Å². The summed E-state index contributed by atoms with van der Waals surface area (Å²) in [5.41, 5.74) is 0. The van der Waals surface area contributed by atoms with E-state index in [2.05, 4.69) is 0 Å². The predicted molar refractivity (Wildman–Crippen MR) is 46.8 cm³/mol. The van der Waals surface area contributed by atoms with Crippen LogP contribution in [-0.2, 0) is 4.79 Å². The van der Waals surface area contributed by atoms with Crippen LogP contribution in [0.4, 0.5) is 0 Å². The molecule has 0 aromatic heterocycles. The molecule has 1 unspecified atom stereocenters. The molecule has 0 aliphatic carbocycles. The van der Waals surface area contributed by atoms with Crippen molar-refractivity contribution in [3.8, 4) is 0 Å². The van der Waals surface area contributed by atoms with E-state index in [-0.39, 0.29) is 19.1 Å². The van der Waals surface area contributed by atoms with Gasteiger partial charge in [0.15, 0.2) is 0 Å². The second kappa shape index (κ2) is 8.68. The molecule has 0 aliphatic heterocycles. The summed E-state index contributed by atoms with van der Waals surface area (Å²) in [6, 6.07) is 0. The van der Waals surface area contributed by atoms with Gasteiger partial charge in [0.1, 0.15) is 6.29 Å². The molecule has 0 aromatic rings. The average Bonchev–Trinajstić information content (AvgIpc) is 2.11. The zero-order valence-electron chi connectivity index (χ0n) is 7.41. The van der Waals surface area contributed by atoms with Crippen molar-refractivity contribution in [3.63, 3.8) is 0 Å². The highest BCUT2D eigenvalue weighted by molar-refractivity contribution is 5.53. The van der Waals surface area contributed by atoms with Crippen molar-refractivity contribution < 1.29 is 15.0 Å². The van der Waals surface area contributed by atoms with Crippen molar-refractivity contribution in [2.75, 3.05) is 13.2 Å². The largest absolute Gasteiger partial charge is 0.396 e. The lowest BCUT2D eigenvalue weighted by atomic mass is 9.98. The SMILES string of the molecule is O=CC(CCCO)CCCCO. The van der Waals surface area contributed by atoms with Crippen LogP contribution in [0.2, 0.25) is 0 Å². The van der Waals surface area contributed by atoms with E-state index in [1.54, 1.807) is 0 Å². The van der Waals surface area contributed by atoms with Gasteiger partial charge in [-0.3, -0.25) is 0 Å². The van der Waals surface area contributed by atoms with Gasteiger partial charge in [-0.15, -0.1) is 0 Å². The second-order valence-electron chi connectivity index (χ2n) is 2.98. The van der Waals surface area contributed by atoms with Gasteiger partial charge in [-0.2, -0.15) is 0 Å². The molecule has 72 valence electrons. The molecule has 12 heavy (non-hydrogen) atoms. The summed E-state index contributed by atoms with van der Waals surface area (Å²) >= 11 is 0. The summed E-state index contributed by atoms with van der Waals surface area (Å²) in [6.45, 7) is 0.357. The minimum absolute atomic E-state index is 0.0729. The van der Waals surface area contributed by atoms with E-state index in [1.165, 1.54) is 0 Å². The number of hydrogen-bond acceptors (Lipinski definition) is 3. The summed E-state index contributed by atoms with van der Waals surface area (Å²) in [5.74, 6) is 0.0729. The van der Waals surface area contributed by atoms with E-state index in [9.17, 15) is 4.79 Å². The van der Waals surface area contributed by atoms with Gasteiger partial charge in [0.25, 0.3) is 0 Å². The molecule has 0 saturated carbocycles. The standard InChI is InChI=1S/C9H18O3/c10-6-2-1-4-9(8-12)5-3-7-11/h8-11H,1-7H2. The van der Waals surface area contributed by atoms with Crippen LogP contribution >= 0.6 is 0 Å². The Bertz CT molecular complexity index is 104. The van der Waals surface area contributed by atoms with E-state index in [0.717, 1.165) is 32.0 Å². The Morgan fingerprint density at radius 2 is 1.58 bits per heavy atom. The Labute approximate surface area is 73.4 Å². The van der Waals surface area contributed by atoms with Crippen LogP contribution < -0.4 is 0 Å². The maximum absolute atomic E-state index is 10.5. The van der Waals surface area contributed by atoms with Gasteiger partial charge < -0.3 is 15.0 Å². The van der Waals surface area contributed by atoms with Crippen molar-refractivity contribution in [3.05, 3.63) is 0 Å². The van der Waals surface area contributed by atoms with Crippen LogP contribution in [-0.4, -0.2) is 29.7 Å². The Kier molecular flexibility index (Phi) is 8.39. The number of aliphatic hydroxyl groups is 2. The highest BCUT2D eigenvalue weighted by atomic mass is 16.3. The van der Waals surface area contributed by atoms with Gasteiger partial charge in [0.05, 0.1) is 0 Å². The van der Waals surface area contributed by atoms with Crippen LogP contribution in [0.15, 0.2) is 0 Å². The highest BCUT2D eigenvalue weighted by Crippen LogP contribution is 2.11. The zero-order valence-corrected chi connectivity index (χ0v) is 7.41. The van der Waals surface area contributed by atoms with Crippen molar-refractivity contribution in [1.29, 1.82) is 0 Å². The molecule has 0 spiro atoms. The van der Waals surface area contributed by atoms with Gasteiger partial charge in [-0.05, 0) is 25.7 Å². The van der Waals surface area contributed by atoms with E-state index in [1.807, 2.05) is 0 Å². The summed E-state index contributed by atoms with van der Waals surface area (Å²) in [5, 5.41) is 17.0. The lowest BCUT2D eigenvalue weighted by molar-refractivity contribution is -0.111. The third kappa shape index (κ3) is 6.31. The molecular formula is C9H18O3. The lowest BCUT2D eigenvalue weighted by Crippen LogP contribution is -2.03. The molecule has 0 radical (unpaired) electrons. The third-order valence-corrected chi connectivity index (χ3v) is 1.91. The van der Waals surface area contributed by atoms with Gasteiger partial charge in [0.2, 0.25) is 0 Å². The minimum Gasteiger partial charge on any atom is -0.396 e. The van der Waals surface area contributed by atoms with Crippen molar-refractivity contribution in [1.82, 2.24) is 0 Å². The van der Waals surface area contributed by atoms with Crippen LogP contribution in [0.25, 0.3) is 0 Å². The van der Waals surface area contributed by atoms with Gasteiger partial charge >= 0.3 is 0 Å². The second-order valence-corrected chi connectivity index (χ2v) is 2.98. The van der Waals surface area contributed by atoms with Crippen molar-refractivity contribution in [2.45, 2.75) is 32.1 Å². The molecule has 3 heteroatoms. The minimum atomic E-state index is 0.0729. The maximum Gasteiger partial charge on any atom is 0.123 e. The summed E-state index contributed by atoms with van der Waals surface area (Å²) in [7, 11) is 0. The number of rotatable bonds is 8. The first kappa shape index (κ1) is 11.6. The fraction of sp³-hybridized carbons (Fsp3) is 0.889. The number of unbranched alkanes of at least 4 members (excludes halogenated alkanes) is 1. The Hall–Kier alpha value is -0.410. The highest BCUT2D eigenvalue weighted by Gasteiger charge is 2.05. The first-order valence-corrected chi connectivity index (χ1v) is 4.52. The zero-order chi connectivity index (χ0) is 9.23. The van der Waals surface area contributed by atoms with Gasteiger partial charge in [-0.1, -0.05) is 6.42 Å². The first-order chi connectivity index (χ1) is 5.85. The molecule has 0 rings (SSSR count). The number of aldehydes is 1. The molecule has 1 atom stereocenters. The topological polar surface area (TPSA) is 57.5 Å². The fourth-order valence-electron chi connectivity index (χ4n) is 1.15. The van der Waals surface area contributed by atoms with Crippen LogP contribution in [0.1, 0.15) is 32.1 Å². The molecule has 0 aromatic carbocycles. The summed E-state index contributed by atoms with van der Waals surface area (Å²) in [4.78, 5) is 10.5. The number of aliphatic hydroxyl groups excluding tert-OH is 2. The Morgan fingerprint density at radius 1 is 1.00 bits per heavy atom. The summed E-state index contributed by atoms with van der Waals surface area (Å²) in [6.07, 6.45) is 4.92. The molecule has 0 aliphatic rings. The monoisotopic (exact) mass is 174 g/mol. The normalized spacial score (nSPS) is 12.8. The van der Waals surface area contributed by atoms with Crippen LogP contribution in [0.5, 0.6) is 0 Å². The van der Waals surface area contributed by atoms with Gasteiger partial charge in [-0.25, -0.2) is 0 Å². The third-order valence-electron chi connectivity index (χ3n) is 1.91. The summed E-state index contributed by atoms with van der Waals surface area (Å²) < 4.78 is 0. The fourth-order valence-corrected chi connectivity index (χ4v) is 1.15. The number of hydrogen-bond donors (Lipinski definition) is 2. The number of carbonyl (C=O) groups is 1.